The summed E-state index contributed by atoms with van der Waals surface area (Å²) in [5, 5.41) is 3.44. The van der Waals surface area contributed by atoms with E-state index in [1.165, 1.54) is 6.92 Å². The van der Waals surface area contributed by atoms with Crippen LogP contribution in [0.3, 0.4) is 0 Å². The van der Waals surface area contributed by atoms with Crippen LogP contribution in [0.1, 0.15) is 23.6 Å². The van der Waals surface area contributed by atoms with E-state index < -0.39 is 23.4 Å². The summed E-state index contributed by atoms with van der Waals surface area (Å²) in [6.45, 7) is 0.727. The largest absolute Gasteiger partial charge is 0.497 e. The highest BCUT2D eigenvalue weighted by Crippen LogP contribution is 2.37. The smallest absolute Gasteiger partial charge is 0.339 e. The molecule has 0 atom stereocenters. The summed E-state index contributed by atoms with van der Waals surface area (Å²) in [4.78, 5) is 43.3. The number of ketones is 1. The van der Waals surface area contributed by atoms with Gasteiger partial charge in [-0.15, -0.1) is 0 Å². The number of Topliss-reactive ketones (excluding diaryl/α,β-unsaturated/α-hetero) is 1. The van der Waals surface area contributed by atoms with Crippen LogP contribution in [0.25, 0.3) is 0 Å². The first-order valence-electron chi connectivity index (χ1n) is 12.4. The molecule has 0 aliphatic carbocycles. The van der Waals surface area contributed by atoms with E-state index in [1.54, 1.807) is 7.11 Å². The maximum atomic E-state index is 12.1. The Morgan fingerprint density at radius 1 is 0.800 bits per heavy atom. The van der Waals surface area contributed by atoms with Crippen LogP contribution in [0.5, 0.6) is 5.75 Å². The van der Waals surface area contributed by atoms with Gasteiger partial charge in [0.05, 0.1) is 12.6 Å². The maximum absolute atomic E-state index is 12.1. The van der Waals surface area contributed by atoms with Gasteiger partial charge in [-0.2, -0.15) is 0 Å². The summed E-state index contributed by atoms with van der Waals surface area (Å²) in [6.07, 6.45) is 0. The van der Waals surface area contributed by atoms with E-state index in [-0.39, 0.29) is 38.9 Å². The molecule has 1 aliphatic rings. The molecule has 0 amide bonds. The number of hydrogen-bond acceptors (Lipinski definition) is 10. The molecular weight excluding hydrogens is 518 g/mol. The number of methoxy groups -OCH3 is 1. The minimum atomic E-state index is -0.782. The van der Waals surface area contributed by atoms with Gasteiger partial charge in [-0.05, 0) is 35.7 Å². The Kier molecular flexibility index (Phi) is 11.5. The number of nitrogens with one attached hydrogen (secondary N) is 1. The van der Waals surface area contributed by atoms with Gasteiger partial charge in [0, 0.05) is 0 Å². The molecular formula is C30H31NO9. The summed E-state index contributed by atoms with van der Waals surface area (Å²) >= 11 is 0. The van der Waals surface area contributed by atoms with Crippen molar-refractivity contribution in [3.05, 3.63) is 102 Å². The third-order valence-corrected chi connectivity index (χ3v) is 5.70. The molecule has 1 fully saturated rings. The molecule has 0 aromatic heterocycles. The van der Waals surface area contributed by atoms with Crippen molar-refractivity contribution in [3.63, 3.8) is 0 Å². The number of carbonyl (C=O) groups excluding carboxylic acids is 4. The monoisotopic (exact) mass is 549 g/mol. The predicted molar refractivity (Wildman–Crippen MR) is 143 cm³/mol. The molecule has 1 saturated heterocycles. The molecule has 10 nitrogen and oxygen atoms in total. The van der Waals surface area contributed by atoms with Crippen LogP contribution < -0.4 is 10.1 Å². The molecule has 10 heteroatoms. The Balaban J connectivity index is 0.000000472. The number of esters is 3. The van der Waals surface area contributed by atoms with Gasteiger partial charge in [-0.1, -0.05) is 72.8 Å². The zero-order valence-corrected chi connectivity index (χ0v) is 22.3. The number of hydrogen-bond donors (Lipinski definition) is 1. The third-order valence-electron chi connectivity index (χ3n) is 5.70. The third kappa shape index (κ3) is 8.57. The Labute approximate surface area is 232 Å². The quantitative estimate of drug-likeness (QED) is 0.165. The van der Waals surface area contributed by atoms with Crippen LogP contribution in [0.4, 0.5) is 0 Å². The van der Waals surface area contributed by atoms with E-state index in [0.29, 0.717) is 0 Å². The minimum absolute atomic E-state index is 0.0575. The standard InChI is InChI=1S/C26H27NO5.C4H4O4/c1-20(28)17-31-18-25(29)32-19-27-26(21-9-5-3-6-10-21,22-11-7-4-8-12-22)23-13-15-24(30-2)16-14-23;5-3-1-7-2-4(6)8-3/h3-16,27H,17-19H2,1-2H3;1-2H2. The lowest BCUT2D eigenvalue weighted by Crippen LogP contribution is -2.46. The average Bonchev–Trinajstić information content (AvgIpc) is 2.96. The normalized spacial score (nSPS) is 12.9. The van der Waals surface area contributed by atoms with Gasteiger partial charge in [0.25, 0.3) is 0 Å². The number of carbonyl (C=O) groups is 4. The van der Waals surface area contributed by atoms with Gasteiger partial charge in [0.15, 0.2) is 5.78 Å². The maximum Gasteiger partial charge on any atom is 0.339 e. The van der Waals surface area contributed by atoms with Gasteiger partial charge < -0.3 is 23.7 Å². The molecule has 0 bridgehead atoms. The molecule has 0 radical (unpaired) electrons. The molecule has 1 N–H and O–H groups in total. The fourth-order valence-corrected chi connectivity index (χ4v) is 3.97. The van der Waals surface area contributed by atoms with Crippen molar-refractivity contribution >= 4 is 23.7 Å². The van der Waals surface area contributed by atoms with Crippen molar-refractivity contribution in [1.82, 2.24) is 5.32 Å². The summed E-state index contributed by atoms with van der Waals surface area (Å²) in [6, 6.07) is 27.7. The molecule has 1 heterocycles. The first kappa shape index (κ1) is 30.2. The van der Waals surface area contributed by atoms with Crippen molar-refractivity contribution in [2.75, 3.05) is 40.3 Å². The highest BCUT2D eigenvalue weighted by atomic mass is 16.6. The molecule has 0 spiro atoms. The highest BCUT2D eigenvalue weighted by molar-refractivity contribution is 5.88. The van der Waals surface area contributed by atoms with Gasteiger partial charge in [-0.3, -0.25) is 10.1 Å². The zero-order valence-electron chi connectivity index (χ0n) is 22.3. The first-order valence-corrected chi connectivity index (χ1v) is 12.4. The molecule has 210 valence electrons. The Bertz CT molecular complexity index is 1210. The molecule has 3 aromatic carbocycles. The number of cyclic esters (lactones) is 2. The molecule has 4 rings (SSSR count). The first-order chi connectivity index (χ1) is 19.3. The zero-order chi connectivity index (χ0) is 28.8. The molecule has 1 aliphatic heterocycles. The van der Waals surface area contributed by atoms with Crippen LogP contribution in [-0.4, -0.2) is 64.0 Å². The summed E-state index contributed by atoms with van der Waals surface area (Å²) in [5.41, 5.74) is 2.15. The average molecular weight is 550 g/mol. The van der Waals surface area contributed by atoms with Crippen molar-refractivity contribution in [2.24, 2.45) is 0 Å². The van der Waals surface area contributed by atoms with Crippen LogP contribution in [0, 0.1) is 0 Å². The Hall–Kier alpha value is -4.38. The number of benzene rings is 3. The molecule has 3 aromatic rings. The Morgan fingerprint density at radius 2 is 1.32 bits per heavy atom. The van der Waals surface area contributed by atoms with Crippen LogP contribution in [0.2, 0.25) is 0 Å². The highest BCUT2D eigenvalue weighted by Gasteiger charge is 2.36. The van der Waals surface area contributed by atoms with E-state index in [2.05, 4.69) is 14.8 Å². The van der Waals surface area contributed by atoms with Gasteiger partial charge in [0.1, 0.15) is 38.9 Å². The fourth-order valence-electron chi connectivity index (χ4n) is 3.97. The predicted octanol–water partition coefficient (Wildman–Crippen LogP) is 2.77. The summed E-state index contributed by atoms with van der Waals surface area (Å²) in [7, 11) is 1.63. The Morgan fingerprint density at radius 3 is 1.77 bits per heavy atom. The molecule has 0 unspecified atom stereocenters. The minimum Gasteiger partial charge on any atom is -0.497 e. The number of ether oxygens (including phenoxy) is 5. The summed E-state index contributed by atoms with van der Waals surface area (Å²) in [5.74, 6) is -1.17. The SMILES string of the molecule is COc1ccc(C(NCOC(=O)COCC(C)=O)(c2ccccc2)c2ccccc2)cc1.O=C1COCC(=O)O1. The second-order valence-electron chi connectivity index (χ2n) is 8.58. The number of rotatable bonds is 11. The van der Waals surface area contributed by atoms with Crippen LogP contribution >= 0.6 is 0 Å². The topological polar surface area (TPSA) is 126 Å². The van der Waals surface area contributed by atoms with E-state index >= 15 is 0 Å². The van der Waals surface area contributed by atoms with E-state index in [1.807, 2.05) is 84.9 Å². The molecule has 40 heavy (non-hydrogen) atoms. The second-order valence-corrected chi connectivity index (χ2v) is 8.58. The van der Waals surface area contributed by atoms with E-state index in [4.69, 9.17) is 14.2 Å². The van der Waals surface area contributed by atoms with E-state index in [9.17, 15) is 19.2 Å². The molecule has 0 saturated carbocycles. The van der Waals surface area contributed by atoms with E-state index in [0.717, 1.165) is 22.4 Å². The lowest BCUT2D eigenvalue weighted by Gasteiger charge is -2.37. The van der Waals surface area contributed by atoms with Gasteiger partial charge >= 0.3 is 17.9 Å². The van der Waals surface area contributed by atoms with Crippen molar-refractivity contribution in [2.45, 2.75) is 12.5 Å². The lowest BCUT2D eigenvalue weighted by molar-refractivity contribution is -0.174. The fraction of sp³-hybridized carbons (Fsp3) is 0.267. The van der Waals surface area contributed by atoms with Gasteiger partial charge in [-0.25, -0.2) is 14.4 Å². The van der Waals surface area contributed by atoms with Crippen LogP contribution in [-0.2, 0) is 43.7 Å². The van der Waals surface area contributed by atoms with Gasteiger partial charge in [0.2, 0.25) is 0 Å². The van der Waals surface area contributed by atoms with Crippen molar-refractivity contribution in [1.29, 1.82) is 0 Å². The second kappa shape index (κ2) is 15.3. The summed E-state index contributed by atoms with van der Waals surface area (Å²) < 4.78 is 24.3. The van der Waals surface area contributed by atoms with Crippen molar-refractivity contribution in [3.8, 4) is 5.75 Å². The van der Waals surface area contributed by atoms with Crippen molar-refractivity contribution < 1.29 is 42.9 Å². The lowest BCUT2D eigenvalue weighted by atomic mass is 9.77. The van der Waals surface area contributed by atoms with Crippen LogP contribution in [0.15, 0.2) is 84.9 Å².